The van der Waals surface area contributed by atoms with Crippen LogP contribution >= 0.6 is 15.9 Å². The molecule has 0 spiro atoms. The molecule has 0 aliphatic carbocycles. The normalized spacial score (nSPS) is 21.3. The Kier molecular flexibility index (Phi) is 3.91. The van der Waals surface area contributed by atoms with Gasteiger partial charge in [-0.3, -0.25) is 9.59 Å². The maximum Gasteiger partial charge on any atom is 0.308 e. The number of carboxylic acid groups (broad SMARTS) is 1. The van der Waals surface area contributed by atoms with E-state index in [4.69, 9.17) is 0 Å². The van der Waals surface area contributed by atoms with Gasteiger partial charge in [-0.2, -0.15) is 0 Å². The van der Waals surface area contributed by atoms with Gasteiger partial charge in [-0.15, -0.1) is 0 Å². The Morgan fingerprint density at radius 2 is 1.82 bits per heavy atom. The van der Waals surface area contributed by atoms with Gasteiger partial charge in [-0.1, -0.05) is 35.0 Å². The molecule has 0 aromatic heterocycles. The first kappa shape index (κ1) is 15.0. The highest BCUT2D eigenvalue weighted by Crippen LogP contribution is 2.26. The highest BCUT2D eigenvalue weighted by Gasteiger charge is 2.37. The van der Waals surface area contributed by atoms with Crippen LogP contribution in [0.25, 0.3) is 10.8 Å². The molecule has 22 heavy (non-hydrogen) atoms. The molecular weight excluding hydrogens is 346 g/mol. The van der Waals surface area contributed by atoms with Gasteiger partial charge in [0.1, 0.15) is 0 Å². The molecule has 5 heteroatoms. The second-order valence-corrected chi connectivity index (χ2v) is 6.75. The van der Waals surface area contributed by atoms with E-state index in [-0.39, 0.29) is 18.4 Å². The summed E-state index contributed by atoms with van der Waals surface area (Å²) in [6.07, 6.45) is 0. The molecule has 2 aromatic carbocycles. The molecule has 2 atom stereocenters. The zero-order valence-corrected chi connectivity index (χ0v) is 13.7. The Hall–Kier alpha value is -1.88. The summed E-state index contributed by atoms with van der Waals surface area (Å²) in [6.45, 7) is 2.66. The highest BCUT2D eigenvalue weighted by atomic mass is 79.9. The third kappa shape index (κ3) is 2.73. The van der Waals surface area contributed by atoms with Crippen LogP contribution in [-0.4, -0.2) is 35.0 Å². The molecule has 0 unspecified atom stereocenters. The molecule has 1 N–H and O–H groups in total. The molecule has 0 radical (unpaired) electrons. The average Bonchev–Trinajstić information content (AvgIpc) is 2.88. The zero-order valence-electron chi connectivity index (χ0n) is 12.1. The Bertz CT molecular complexity index is 759. The van der Waals surface area contributed by atoms with Crippen molar-refractivity contribution in [1.82, 2.24) is 4.90 Å². The van der Waals surface area contributed by atoms with Gasteiger partial charge >= 0.3 is 5.97 Å². The lowest BCUT2D eigenvalue weighted by Crippen LogP contribution is -2.29. The van der Waals surface area contributed by atoms with Crippen LogP contribution in [0.5, 0.6) is 0 Å². The number of aliphatic carboxylic acids is 1. The fraction of sp³-hybridized carbons (Fsp3) is 0.294. The van der Waals surface area contributed by atoms with Crippen LogP contribution in [0, 0.1) is 11.8 Å². The Morgan fingerprint density at radius 3 is 2.50 bits per heavy atom. The van der Waals surface area contributed by atoms with E-state index in [0.29, 0.717) is 12.1 Å². The molecule has 1 heterocycles. The predicted molar refractivity (Wildman–Crippen MR) is 87.8 cm³/mol. The molecule has 1 saturated heterocycles. The van der Waals surface area contributed by atoms with Gasteiger partial charge in [0.15, 0.2) is 0 Å². The minimum atomic E-state index is -0.828. The van der Waals surface area contributed by atoms with E-state index in [1.165, 1.54) is 0 Å². The van der Waals surface area contributed by atoms with Crippen LogP contribution in [0.15, 0.2) is 40.9 Å². The number of carbonyl (C=O) groups is 2. The molecule has 1 amide bonds. The molecular formula is C17H16BrNO3. The summed E-state index contributed by atoms with van der Waals surface area (Å²) in [6, 6.07) is 11.5. The number of benzene rings is 2. The fourth-order valence-electron chi connectivity index (χ4n) is 2.99. The van der Waals surface area contributed by atoms with Crippen LogP contribution in [0.4, 0.5) is 0 Å². The molecule has 4 nitrogen and oxygen atoms in total. The van der Waals surface area contributed by atoms with E-state index in [1.54, 1.807) is 11.0 Å². The van der Waals surface area contributed by atoms with Crippen LogP contribution in [0.3, 0.4) is 0 Å². The molecule has 3 rings (SSSR count). The van der Waals surface area contributed by atoms with Crippen molar-refractivity contribution < 1.29 is 14.7 Å². The number of nitrogens with zero attached hydrogens (tertiary/aromatic N) is 1. The first-order valence-electron chi connectivity index (χ1n) is 7.17. The van der Waals surface area contributed by atoms with Crippen LogP contribution in [-0.2, 0) is 4.79 Å². The van der Waals surface area contributed by atoms with Crippen molar-refractivity contribution >= 4 is 38.6 Å². The maximum atomic E-state index is 12.6. The lowest BCUT2D eigenvalue weighted by atomic mass is 9.99. The van der Waals surface area contributed by atoms with Crippen LogP contribution in [0.1, 0.15) is 17.3 Å². The third-order valence-corrected chi connectivity index (χ3v) is 4.76. The highest BCUT2D eigenvalue weighted by molar-refractivity contribution is 9.10. The Balaban J connectivity index is 1.86. The van der Waals surface area contributed by atoms with Gasteiger partial charge in [0.05, 0.1) is 5.92 Å². The third-order valence-electron chi connectivity index (χ3n) is 4.27. The molecule has 2 aromatic rings. The second-order valence-electron chi connectivity index (χ2n) is 5.84. The topological polar surface area (TPSA) is 57.6 Å². The van der Waals surface area contributed by atoms with E-state index in [9.17, 15) is 14.7 Å². The lowest BCUT2D eigenvalue weighted by Gasteiger charge is -2.16. The van der Waals surface area contributed by atoms with Gasteiger partial charge in [0, 0.05) is 23.1 Å². The maximum absolute atomic E-state index is 12.6. The monoisotopic (exact) mass is 361 g/mol. The lowest BCUT2D eigenvalue weighted by molar-refractivity contribution is -0.142. The van der Waals surface area contributed by atoms with E-state index in [0.717, 1.165) is 15.2 Å². The smallest absolute Gasteiger partial charge is 0.308 e. The largest absolute Gasteiger partial charge is 0.481 e. The average molecular weight is 362 g/mol. The molecule has 1 aliphatic heterocycles. The number of carboxylic acids is 1. The second kappa shape index (κ2) is 5.72. The van der Waals surface area contributed by atoms with Crippen LogP contribution in [0.2, 0.25) is 0 Å². The summed E-state index contributed by atoms with van der Waals surface area (Å²) in [5, 5.41) is 11.2. The van der Waals surface area contributed by atoms with Crippen molar-refractivity contribution in [3.05, 3.63) is 46.4 Å². The number of rotatable bonds is 2. The number of hydrogen-bond acceptors (Lipinski definition) is 2. The number of halogens is 1. The number of amides is 1. The summed E-state index contributed by atoms with van der Waals surface area (Å²) in [4.78, 5) is 25.4. The van der Waals surface area contributed by atoms with Gasteiger partial charge in [-0.05, 0) is 41.0 Å². The zero-order chi connectivity index (χ0) is 15.9. The Labute approximate surface area is 136 Å². The summed E-state index contributed by atoms with van der Waals surface area (Å²) in [5.41, 5.74) is 0.605. The van der Waals surface area contributed by atoms with Crippen molar-refractivity contribution in [2.75, 3.05) is 13.1 Å². The first-order chi connectivity index (χ1) is 10.5. The van der Waals surface area contributed by atoms with E-state index in [2.05, 4.69) is 15.9 Å². The number of carbonyl (C=O) groups excluding carboxylic acids is 1. The minimum absolute atomic E-state index is 0.0159. The van der Waals surface area contributed by atoms with Crippen molar-refractivity contribution in [3.8, 4) is 0 Å². The Morgan fingerprint density at radius 1 is 1.14 bits per heavy atom. The molecule has 114 valence electrons. The molecule has 1 aliphatic rings. The molecule has 1 fully saturated rings. The van der Waals surface area contributed by atoms with Crippen molar-refractivity contribution in [1.29, 1.82) is 0 Å². The van der Waals surface area contributed by atoms with Crippen molar-refractivity contribution in [2.45, 2.75) is 6.92 Å². The van der Waals surface area contributed by atoms with E-state index in [1.807, 2.05) is 37.3 Å². The van der Waals surface area contributed by atoms with Gasteiger partial charge in [0.2, 0.25) is 0 Å². The van der Waals surface area contributed by atoms with Gasteiger partial charge < -0.3 is 10.0 Å². The number of likely N-dealkylation sites (tertiary alicyclic amines) is 1. The summed E-state index contributed by atoms with van der Waals surface area (Å²) in [7, 11) is 0. The SMILES string of the molecule is C[C@@H]1CN(C(=O)c2ccc3cc(Br)ccc3c2)C[C@H]1C(=O)O. The van der Waals surface area contributed by atoms with Gasteiger partial charge in [-0.25, -0.2) is 0 Å². The fourth-order valence-corrected chi connectivity index (χ4v) is 3.37. The minimum Gasteiger partial charge on any atom is -0.481 e. The summed E-state index contributed by atoms with van der Waals surface area (Å²) >= 11 is 3.43. The number of hydrogen-bond donors (Lipinski definition) is 1. The standard InChI is InChI=1S/C17H16BrNO3/c1-10-8-19(9-15(10)17(21)22)16(20)13-3-2-12-7-14(18)5-4-11(12)6-13/h2-7,10,15H,8-9H2,1H3,(H,21,22)/t10-,15-/m1/s1. The molecule has 0 saturated carbocycles. The quantitative estimate of drug-likeness (QED) is 0.891. The number of fused-ring (bicyclic) bond motifs is 1. The van der Waals surface area contributed by atoms with Crippen molar-refractivity contribution in [2.24, 2.45) is 11.8 Å². The van der Waals surface area contributed by atoms with E-state index >= 15 is 0 Å². The van der Waals surface area contributed by atoms with E-state index < -0.39 is 11.9 Å². The first-order valence-corrected chi connectivity index (χ1v) is 7.96. The predicted octanol–water partition coefficient (Wildman–Crippen LogP) is 3.40. The molecule has 0 bridgehead atoms. The van der Waals surface area contributed by atoms with Gasteiger partial charge in [0.25, 0.3) is 5.91 Å². The summed E-state index contributed by atoms with van der Waals surface area (Å²) in [5.74, 6) is -1.41. The van der Waals surface area contributed by atoms with Crippen molar-refractivity contribution in [3.63, 3.8) is 0 Å². The summed E-state index contributed by atoms with van der Waals surface area (Å²) < 4.78 is 0.997. The van der Waals surface area contributed by atoms with Crippen LogP contribution < -0.4 is 0 Å².